The van der Waals surface area contributed by atoms with Crippen LogP contribution < -0.4 is 10.1 Å². The fourth-order valence-corrected chi connectivity index (χ4v) is 4.80. The minimum absolute atomic E-state index is 0.0369. The van der Waals surface area contributed by atoms with Gasteiger partial charge in [-0.2, -0.15) is 0 Å². The Morgan fingerprint density at radius 2 is 1.87 bits per heavy atom. The van der Waals surface area contributed by atoms with E-state index in [2.05, 4.69) is 5.32 Å². The molecule has 31 heavy (non-hydrogen) atoms. The van der Waals surface area contributed by atoms with E-state index in [-0.39, 0.29) is 17.9 Å². The lowest BCUT2D eigenvalue weighted by molar-refractivity contribution is -0.139. The van der Waals surface area contributed by atoms with Gasteiger partial charge in [0.1, 0.15) is 11.8 Å². The molecule has 1 aliphatic carbocycles. The zero-order valence-corrected chi connectivity index (χ0v) is 19.2. The Labute approximate surface area is 189 Å². The molecule has 1 fully saturated rings. The lowest BCUT2D eigenvalue weighted by atomic mass is 10.1. The van der Waals surface area contributed by atoms with Crippen LogP contribution >= 0.6 is 11.8 Å². The maximum absolute atomic E-state index is 13.3. The van der Waals surface area contributed by atoms with Crippen LogP contribution in [0.3, 0.4) is 0 Å². The molecule has 0 aliphatic heterocycles. The summed E-state index contributed by atoms with van der Waals surface area (Å²) in [4.78, 5) is 29.2. The molecule has 0 radical (unpaired) electrons. The number of benzene rings is 2. The number of ether oxygens (including phenoxy) is 1. The Morgan fingerprint density at radius 3 is 2.55 bits per heavy atom. The highest BCUT2D eigenvalue weighted by Crippen LogP contribution is 2.23. The number of rotatable bonds is 10. The van der Waals surface area contributed by atoms with E-state index in [1.54, 1.807) is 12.0 Å². The molecule has 1 saturated carbocycles. The maximum atomic E-state index is 13.3. The molecular weight excluding hydrogens is 408 g/mol. The number of methoxy groups -OCH3 is 1. The van der Waals surface area contributed by atoms with Gasteiger partial charge in [0.2, 0.25) is 11.8 Å². The summed E-state index contributed by atoms with van der Waals surface area (Å²) < 4.78 is 5.34. The first kappa shape index (κ1) is 23.2. The van der Waals surface area contributed by atoms with Crippen molar-refractivity contribution in [3.63, 3.8) is 0 Å². The van der Waals surface area contributed by atoms with Crippen molar-refractivity contribution in [3.05, 3.63) is 60.2 Å². The molecule has 1 aliphatic rings. The second-order valence-corrected chi connectivity index (χ2v) is 8.94. The van der Waals surface area contributed by atoms with Crippen molar-refractivity contribution >= 4 is 23.6 Å². The van der Waals surface area contributed by atoms with Crippen LogP contribution in [0.5, 0.6) is 5.75 Å². The highest BCUT2D eigenvalue weighted by atomic mass is 32.2. The molecule has 2 amide bonds. The van der Waals surface area contributed by atoms with Gasteiger partial charge in [-0.05, 0) is 49.1 Å². The summed E-state index contributed by atoms with van der Waals surface area (Å²) in [6.07, 6.45) is 4.93. The van der Waals surface area contributed by atoms with Crippen LogP contribution in [-0.4, -0.2) is 41.7 Å². The highest BCUT2D eigenvalue weighted by molar-refractivity contribution is 8.00. The fourth-order valence-electron chi connectivity index (χ4n) is 4.00. The minimum Gasteiger partial charge on any atom is -0.497 e. The molecule has 0 aromatic heterocycles. The number of nitrogens with one attached hydrogen (secondary N) is 1. The van der Waals surface area contributed by atoms with Crippen LogP contribution in [0.1, 0.15) is 44.6 Å². The second-order valence-electron chi connectivity index (χ2n) is 7.89. The Balaban J connectivity index is 1.76. The largest absolute Gasteiger partial charge is 0.497 e. The van der Waals surface area contributed by atoms with E-state index in [4.69, 9.17) is 4.74 Å². The van der Waals surface area contributed by atoms with Gasteiger partial charge in [-0.25, -0.2) is 0 Å². The molecule has 0 bridgehead atoms. The molecule has 1 N–H and O–H groups in total. The zero-order valence-electron chi connectivity index (χ0n) is 18.4. The summed E-state index contributed by atoms with van der Waals surface area (Å²) in [7, 11) is 1.63. The number of hydrogen-bond acceptors (Lipinski definition) is 4. The lowest BCUT2D eigenvalue weighted by Crippen LogP contribution is -2.51. The molecule has 1 unspecified atom stereocenters. The minimum atomic E-state index is -0.490. The third-order valence-electron chi connectivity index (χ3n) is 5.68. The summed E-state index contributed by atoms with van der Waals surface area (Å²) >= 11 is 1.50. The molecule has 0 saturated heterocycles. The summed E-state index contributed by atoms with van der Waals surface area (Å²) in [5, 5.41) is 3.18. The van der Waals surface area contributed by atoms with Gasteiger partial charge in [0.05, 0.1) is 12.9 Å². The average Bonchev–Trinajstić information content (AvgIpc) is 3.31. The van der Waals surface area contributed by atoms with E-state index in [9.17, 15) is 9.59 Å². The maximum Gasteiger partial charge on any atom is 0.243 e. The average molecular weight is 441 g/mol. The van der Waals surface area contributed by atoms with Crippen LogP contribution in [0, 0.1) is 0 Å². The van der Waals surface area contributed by atoms with E-state index in [0.29, 0.717) is 18.7 Å². The molecule has 2 aromatic rings. The Kier molecular flexibility index (Phi) is 8.83. The summed E-state index contributed by atoms with van der Waals surface area (Å²) in [5.74, 6) is 0.953. The van der Waals surface area contributed by atoms with Crippen molar-refractivity contribution in [1.29, 1.82) is 0 Å². The molecule has 0 heterocycles. The van der Waals surface area contributed by atoms with E-state index in [1.165, 1.54) is 11.8 Å². The molecule has 0 spiro atoms. The molecule has 3 rings (SSSR count). The van der Waals surface area contributed by atoms with Gasteiger partial charge in [-0.1, -0.05) is 50.1 Å². The second kappa shape index (κ2) is 11.8. The molecule has 2 aromatic carbocycles. The molecule has 5 nitrogen and oxygen atoms in total. The van der Waals surface area contributed by atoms with Gasteiger partial charge in [0.25, 0.3) is 0 Å². The van der Waals surface area contributed by atoms with E-state index in [1.807, 2.05) is 61.5 Å². The van der Waals surface area contributed by atoms with Gasteiger partial charge in [0, 0.05) is 17.5 Å². The van der Waals surface area contributed by atoms with Crippen LogP contribution in [0.2, 0.25) is 0 Å². The quantitative estimate of drug-likeness (QED) is 0.546. The fraction of sp³-hybridized carbons (Fsp3) is 0.440. The van der Waals surface area contributed by atoms with Gasteiger partial charge >= 0.3 is 0 Å². The third-order valence-corrected chi connectivity index (χ3v) is 6.68. The van der Waals surface area contributed by atoms with Crippen molar-refractivity contribution in [3.8, 4) is 5.75 Å². The Hall–Kier alpha value is -2.47. The smallest absolute Gasteiger partial charge is 0.243 e. The van der Waals surface area contributed by atoms with Crippen LogP contribution in [0.15, 0.2) is 59.5 Å². The number of hydrogen-bond donors (Lipinski definition) is 1. The number of thioether (sulfide) groups is 1. The SMILES string of the molecule is CCC(C(=O)NC1CCCC1)N(Cc1cccc(OC)c1)C(=O)CSc1ccccc1. The molecule has 166 valence electrons. The van der Waals surface area contributed by atoms with E-state index < -0.39 is 6.04 Å². The van der Waals surface area contributed by atoms with Crippen molar-refractivity contribution in [2.45, 2.75) is 62.6 Å². The van der Waals surface area contributed by atoms with Crippen molar-refractivity contribution < 1.29 is 14.3 Å². The number of carbonyl (C=O) groups excluding carboxylic acids is 2. The van der Waals surface area contributed by atoms with Crippen molar-refractivity contribution in [2.24, 2.45) is 0 Å². The van der Waals surface area contributed by atoms with Crippen LogP contribution in [0.4, 0.5) is 0 Å². The van der Waals surface area contributed by atoms with E-state index >= 15 is 0 Å². The predicted molar refractivity (Wildman–Crippen MR) is 125 cm³/mol. The lowest BCUT2D eigenvalue weighted by Gasteiger charge is -2.31. The summed E-state index contributed by atoms with van der Waals surface area (Å²) in [5.41, 5.74) is 0.949. The topological polar surface area (TPSA) is 58.6 Å². The normalized spacial score (nSPS) is 14.8. The van der Waals surface area contributed by atoms with Crippen molar-refractivity contribution in [2.75, 3.05) is 12.9 Å². The van der Waals surface area contributed by atoms with Gasteiger partial charge in [-0.15, -0.1) is 11.8 Å². The Bertz CT molecular complexity index is 853. The summed E-state index contributed by atoms with van der Waals surface area (Å²) in [6.45, 7) is 2.34. The van der Waals surface area contributed by atoms with Crippen LogP contribution in [0.25, 0.3) is 0 Å². The number of carbonyl (C=O) groups is 2. The third kappa shape index (κ3) is 6.76. The number of amides is 2. The summed E-state index contributed by atoms with van der Waals surface area (Å²) in [6, 6.07) is 17.3. The monoisotopic (exact) mass is 440 g/mol. The van der Waals surface area contributed by atoms with Gasteiger partial charge < -0.3 is 15.0 Å². The molecular formula is C25H32N2O3S. The van der Waals surface area contributed by atoms with Crippen LogP contribution in [-0.2, 0) is 16.1 Å². The van der Waals surface area contributed by atoms with Gasteiger partial charge in [-0.3, -0.25) is 9.59 Å². The first-order valence-electron chi connectivity index (χ1n) is 11.0. The first-order valence-corrected chi connectivity index (χ1v) is 12.0. The highest BCUT2D eigenvalue weighted by Gasteiger charge is 2.30. The Morgan fingerprint density at radius 1 is 1.13 bits per heavy atom. The standard InChI is InChI=1S/C25H32N2O3S/c1-3-23(25(29)26-20-11-7-8-12-20)27(17-19-10-9-13-21(16-19)30-2)24(28)18-31-22-14-5-4-6-15-22/h4-6,9-10,13-16,20,23H,3,7-8,11-12,17-18H2,1-2H3,(H,26,29). The zero-order chi connectivity index (χ0) is 22.1. The molecule has 1 atom stereocenters. The first-order chi connectivity index (χ1) is 15.1. The van der Waals surface area contributed by atoms with E-state index in [0.717, 1.165) is 41.9 Å². The van der Waals surface area contributed by atoms with Gasteiger partial charge in [0.15, 0.2) is 0 Å². The number of nitrogens with zero attached hydrogens (tertiary/aromatic N) is 1. The predicted octanol–water partition coefficient (Wildman–Crippen LogP) is 4.65. The van der Waals surface area contributed by atoms with Crippen molar-refractivity contribution in [1.82, 2.24) is 10.2 Å². The molecule has 6 heteroatoms.